The standard InChI is InChI=1S/C10H14FN/c1-2-10(12)7-8-4-3-5-9(11)6-8/h3-6,10H,2,7,12H2,1H3. The predicted molar refractivity (Wildman–Crippen MR) is 48.4 cm³/mol. The van der Waals surface area contributed by atoms with Gasteiger partial charge in [0, 0.05) is 6.04 Å². The summed E-state index contributed by atoms with van der Waals surface area (Å²) in [6.07, 6.45) is 1.69. The van der Waals surface area contributed by atoms with Crippen molar-refractivity contribution < 1.29 is 4.39 Å². The lowest BCUT2D eigenvalue weighted by atomic mass is 10.1. The minimum Gasteiger partial charge on any atom is -0.327 e. The predicted octanol–water partition coefficient (Wildman–Crippen LogP) is 2.11. The molecule has 2 heteroatoms. The van der Waals surface area contributed by atoms with E-state index in [-0.39, 0.29) is 11.9 Å². The van der Waals surface area contributed by atoms with Crippen LogP contribution in [-0.4, -0.2) is 6.04 Å². The van der Waals surface area contributed by atoms with Crippen LogP contribution in [0.25, 0.3) is 0 Å². The summed E-state index contributed by atoms with van der Waals surface area (Å²) >= 11 is 0. The fourth-order valence-corrected chi connectivity index (χ4v) is 1.11. The molecule has 2 N–H and O–H groups in total. The molecular formula is C10H14FN. The van der Waals surface area contributed by atoms with Gasteiger partial charge >= 0.3 is 0 Å². The lowest BCUT2D eigenvalue weighted by Gasteiger charge is -2.07. The maximum Gasteiger partial charge on any atom is 0.123 e. The molecule has 0 bridgehead atoms. The quantitative estimate of drug-likeness (QED) is 0.733. The van der Waals surface area contributed by atoms with Crippen molar-refractivity contribution in [3.63, 3.8) is 0 Å². The lowest BCUT2D eigenvalue weighted by molar-refractivity contribution is 0.614. The highest BCUT2D eigenvalue weighted by molar-refractivity contribution is 5.17. The summed E-state index contributed by atoms with van der Waals surface area (Å²) in [6.45, 7) is 2.03. The fraction of sp³-hybridized carbons (Fsp3) is 0.400. The van der Waals surface area contributed by atoms with Crippen LogP contribution in [0.1, 0.15) is 18.9 Å². The SMILES string of the molecule is CCC(N)Cc1cccc(F)c1. The van der Waals surface area contributed by atoms with Gasteiger partial charge in [0.15, 0.2) is 0 Å². The Morgan fingerprint density at radius 2 is 2.25 bits per heavy atom. The summed E-state index contributed by atoms with van der Waals surface area (Å²) < 4.78 is 12.7. The molecule has 1 aromatic rings. The largest absolute Gasteiger partial charge is 0.327 e. The van der Waals surface area contributed by atoms with Crippen LogP contribution in [0.15, 0.2) is 24.3 Å². The zero-order valence-corrected chi connectivity index (χ0v) is 7.26. The Labute approximate surface area is 72.4 Å². The van der Waals surface area contributed by atoms with E-state index >= 15 is 0 Å². The number of hydrogen-bond acceptors (Lipinski definition) is 1. The highest BCUT2D eigenvalue weighted by Crippen LogP contribution is 2.06. The molecule has 0 amide bonds. The number of hydrogen-bond donors (Lipinski definition) is 1. The van der Waals surface area contributed by atoms with Gasteiger partial charge in [-0.05, 0) is 30.5 Å². The Morgan fingerprint density at radius 1 is 1.50 bits per heavy atom. The molecule has 0 radical (unpaired) electrons. The van der Waals surface area contributed by atoms with Crippen molar-refractivity contribution >= 4 is 0 Å². The number of rotatable bonds is 3. The summed E-state index contributed by atoms with van der Waals surface area (Å²) in [7, 11) is 0. The van der Waals surface area contributed by atoms with Crippen molar-refractivity contribution in [2.24, 2.45) is 5.73 Å². The smallest absolute Gasteiger partial charge is 0.123 e. The van der Waals surface area contributed by atoms with Crippen molar-refractivity contribution in [3.8, 4) is 0 Å². The first kappa shape index (κ1) is 9.20. The number of benzene rings is 1. The van der Waals surface area contributed by atoms with Crippen LogP contribution >= 0.6 is 0 Å². The fourth-order valence-electron chi connectivity index (χ4n) is 1.11. The molecule has 0 saturated heterocycles. The van der Waals surface area contributed by atoms with Crippen LogP contribution in [0.3, 0.4) is 0 Å². The summed E-state index contributed by atoms with van der Waals surface area (Å²) in [5.74, 6) is -0.184. The second kappa shape index (κ2) is 4.21. The molecule has 66 valence electrons. The minimum absolute atomic E-state index is 0.145. The molecule has 0 aliphatic rings. The van der Waals surface area contributed by atoms with Crippen LogP contribution in [-0.2, 0) is 6.42 Å². The van der Waals surface area contributed by atoms with Gasteiger partial charge in [-0.15, -0.1) is 0 Å². The van der Waals surface area contributed by atoms with Gasteiger partial charge in [-0.25, -0.2) is 4.39 Å². The third kappa shape index (κ3) is 2.62. The second-order valence-corrected chi connectivity index (χ2v) is 3.00. The highest BCUT2D eigenvalue weighted by atomic mass is 19.1. The monoisotopic (exact) mass is 167 g/mol. The Balaban J connectivity index is 2.63. The topological polar surface area (TPSA) is 26.0 Å². The molecule has 0 aliphatic heterocycles. The zero-order chi connectivity index (χ0) is 8.97. The van der Waals surface area contributed by atoms with Crippen LogP contribution in [0.5, 0.6) is 0 Å². The van der Waals surface area contributed by atoms with Gasteiger partial charge in [-0.2, -0.15) is 0 Å². The van der Waals surface area contributed by atoms with Crippen LogP contribution in [0.4, 0.5) is 4.39 Å². The summed E-state index contributed by atoms with van der Waals surface area (Å²) in [6, 6.07) is 6.74. The van der Waals surface area contributed by atoms with Gasteiger partial charge in [0.25, 0.3) is 0 Å². The molecule has 0 spiro atoms. The van der Waals surface area contributed by atoms with Crippen molar-refractivity contribution in [1.82, 2.24) is 0 Å². The molecule has 1 atom stereocenters. The first-order valence-electron chi connectivity index (χ1n) is 4.22. The van der Waals surface area contributed by atoms with Crippen LogP contribution < -0.4 is 5.73 Å². The minimum atomic E-state index is -0.184. The Bertz CT molecular complexity index is 247. The molecule has 0 heterocycles. The van der Waals surface area contributed by atoms with Crippen molar-refractivity contribution in [3.05, 3.63) is 35.6 Å². The van der Waals surface area contributed by atoms with E-state index in [1.165, 1.54) is 12.1 Å². The lowest BCUT2D eigenvalue weighted by Crippen LogP contribution is -2.21. The summed E-state index contributed by atoms with van der Waals surface area (Å²) in [5, 5.41) is 0. The molecule has 0 fully saturated rings. The van der Waals surface area contributed by atoms with E-state index in [0.29, 0.717) is 0 Å². The Hall–Kier alpha value is -0.890. The molecule has 0 saturated carbocycles. The van der Waals surface area contributed by atoms with E-state index in [9.17, 15) is 4.39 Å². The average molecular weight is 167 g/mol. The van der Waals surface area contributed by atoms with Crippen LogP contribution in [0.2, 0.25) is 0 Å². The molecule has 12 heavy (non-hydrogen) atoms. The van der Waals surface area contributed by atoms with E-state index in [1.807, 2.05) is 13.0 Å². The second-order valence-electron chi connectivity index (χ2n) is 3.00. The van der Waals surface area contributed by atoms with E-state index in [1.54, 1.807) is 6.07 Å². The van der Waals surface area contributed by atoms with E-state index in [2.05, 4.69) is 0 Å². The van der Waals surface area contributed by atoms with Gasteiger partial charge < -0.3 is 5.73 Å². The summed E-state index contributed by atoms with van der Waals surface area (Å²) in [5.41, 5.74) is 6.71. The third-order valence-corrected chi connectivity index (χ3v) is 1.91. The van der Waals surface area contributed by atoms with E-state index in [4.69, 9.17) is 5.73 Å². The molecular weight excluding hydrogens is 153 g/mol. The van der Waals surface area contributed by atoms with Gasteiger partial charge in [0.1, 0.15) is 5.82 Å². The number of nitrogens with two attached hydrogens (primary N) is 1. The van der Waals surface area contributed by atoms with E-state index < -0.39 is 0 Å². The molecule has 0 aromatic heterocycles. The molecule has 1 aromatic carbocycles. The normalized spacial score (nSPS) is 12.9. The van der Waals surface area contributed by atoms with E-state index in [0.717, 1.165) is 18.4 Å². The first-order valence-corrected chi connectivity index (χ1v) is 4.22. The Morgan fingerprint density at radius 3 is 2.83 bits per heavy atom. The molecule has 1 unspecified atom stereocenters. The molecule has 0 aliphatic carbocycles. The Kier molecular flexibility index (Phi) is 3.23. The van der Waals surface area contributed by atoms with Crippen LogP contribution in [0, 0.1) is 5.82 Å². The maximum atomic E-state index is 12.7. The molecule has 1 rings (SSSR count). The first-order chi connectivity index (χ1) is 5.72. The van der Waals surface area contributed by atoms with Crippen molar-refractivity contribution in [2.75, 3.05) is 0 Å². The van der Waals surface area contributed by atoms with Gasteiger partial charge in [0.05, 0.1) is 0 Å². The molecule has 1 nitrogen and oxygen atoms in total. The van der Waals surface area contributed by atoms with Crippen molar-refractivity contribution in [1.29, 1.82) is 0 Å². The van der Waals surface area contributed by atoms with Gasteiger partial charge in [-0.1, -0.05) is 19.1 Å². The number of halogens is 1. The zero-order valence-electron chi connectivity index (χ0n) is 7.26. The van der Waals surface area contributed by atoms with Gasteiger partial charge in [-0.3, -0.25) is 0 Å². The average Bonchev–Trinajstić information content (AvgIpc) is 2.04. The third-order valence-electron chi connectivity index (χ3n) is 1.91. The highest BCUT2D eigenvalue weighted by Gasteiger charge is 2.01. The van der Waals surface area contributed by atoms with Crippen molar-refractivity contribution in [2.45, 2.75) is 25.8 Å². The summed E-state index contributed by atoms with van der Waals surface area (Å²) in [4.78, 5) is 0. The van der Waals surface area contributed by atoms with Gasteiger partial charge in [0.2, 0.25) is 0 Å². The maximum absolute atomic E-state index is 12.7.